The number of fused-ring (bicyclic) bond motifs is 1. The van der Waals surface area contributed by atoms with Gasteiger partial charge in [0.2, 0.25) is 11.8 Å². The van der Waals surface area contributed by atoms with Crippen molar-refractivity contribution in [1.29, 1.82) is 0 Å². The predicted molar refractivity (Wildman–Crippen MR) is 164 cm³/mol. The monoisotopic (exact) mass is 576 g/mol. The van der Waals surface area contributed by atoms with Gasteiger partial charge in [0.1, 0.15) is 5.82 Å². The first-order valence-corrected chi connectivity index (χ1v) is 16.1. The number of rotatable bonds is 4. The lowest BCUT2D eigenvalue weighted by Gasteiger charge is -2.44. The van der Waals surface area contributed by atoms with Crippen molar-refractivity contribution in [1.82, 2.24) is 25.0 Å². The van der Waals surface area contributed by atoms with Gasteiger partial charge in [-0.05, 0) is 75.0 Å². The molecule has 0 atom stereocenters. The van der Waals surface area contributed by atoms with Gasteiger partial charge in [0.25, 0.3) is 0 Å². The molecule has 2 N–H and O–H groups in total. The first-order chi connectivity index (χ1) is 20.2. The number of piperazine rings is 1. The molecule has 11 heteroatoms. The lowest BCUT2D eigenvalue weighted by Crippen LogP contribution is -2.51. The predicted octanol–water partition coefficient (Wildman–Crippen LogP) is 3.67. The molecule has 2 aromatic heterocycles. The largest absolute Gasteiger partial charge is 0.416 e. The molecule has 8 aliphatic rings. The lowest BCUT2D eigenvalue weighted by atomic mass is 9.92. The van der Waals surface area contributed by atoms with Crippen LogP contribution in [0.15, 0.2) is 40.9 Å². The average Bonchev–Trinajstić information content (AvgIpc) is 3.52. The summed E-state index contributed by atoms with van der Waals surface area (Å²) in [6.45, 7) is 9.97. The number of benzene rings is 1. The van der Waals surface area contributed by atoms with Crippen LogP contribution in [0.2, 0.25) is 0 Å². The maximum atomic E-state index is 9.22. The molecule has 0 unspecified atom stereocenters. The normalized spacial score (nSPS) is 26.1. The van der Waals surface area contributed by atoms with Crippen molar-refractivity contribution in [3.8, 4) is 22.9 Å². The zero-order valence-electron chi connectivity index (χ0n) is 23.6. The van der Waals surface area contributed by atoms with Crippen molar-refractivity contribution in [2.45, 2.75) is 31.7 Å². The number of nitrogens with zero attached hydrogens (tertiary/aromatic N) is 7. The van der Waals surface area contributed by atoms with Crippen LogP contribution in [0.4, 0.5) is 17.2 Å². The van der Waals surface area contributed by atoms with E-state index in [0.717, 1.165) is 86.3 Å². The number of hydrogen-bond acceptors (Lipinski definition) is 11. The van der Waals surface area contributed by atoms with Crippen LogP contribution >= 0.6 is 11.9 Å². The van der Waals surface area contributed by atoms with Crippen LogP contribution in [-0.4, -0.2) is 107 Å². The van der Waals surface area contributed by atoms with Gasteiger partial charge in [-0.25, -0.2) is 4.98 Å². The Bertz CT molecular complexity index is 1310. The highest BCUT2D eigenvalue weighted by Gasteiger charge is 2.31. The van der Waals surface area contributed by atoms with E-state index >= 15 is 0 Å². The minimum Gasteiger partial charge on any atom is -0.416 e. The number of hydrogen-bond donors (Lipinski definition) is 2. The number of aromatic nitrogens is 3. The molecule has 0 radical (unpaired) electrons. The van der Waals surface area contributed by atoms with E-state index in [1.807, 2.05) is 12.3 Å². The summed E-state index contributed by atoms with van der Waals surface area (Å²) < 4.78 is 9.72. The Kier molecular flexibility index (Phi) is 8.01. The van der Waals surface area contributed by atoms with Gasteiger partial charge in [-0.2, -0.15) is 0 Å². The summed E-state index contributed by atoms with van der Waals surface area (Å²) in [5.41, 5.74) is 3.98. The number of piperidine rings is 2. The molecule has 10 nitrogen and oxygen atoms in total. The van der Waals surface area contributed by atoms with Crippen LogP contribution in [-0.2, 0) is 0 Å². The summed E-state index contributed by atoms with van der Waals surface area (Å²) in [7, 11) is 0. The second kappa shape index (κ2) is 12.2. The third-order valence-electron chi connectivity index (χ3n) is 9.21. The van der Waals surface area contributed by atoms with E-state index in [-0.39, 0.29) is 6.61 Å². The molecule has 10 heterocycles. The summed E-state index contributed by atoms with van der Waals surface area (Å²) in [5.74, 6) is 3.46. The van der Waals surface area contributed by atoms with Crippen LogP contribution in [0.25, 0.3) is 22.9 Å². The minimum absolute atomic E-state index is 0.144. The number of anilines is 3. The van der Waals surface area contributed by atoms with Crippen LogP contribution in [0.3, 0.4) is 0 Å². The van der Waals surface area contributed by atoms with Crippen molar-refractivity contribution in [3.05, 3.63) is 36.5 Å². The van der Waals surface area contributed by atoms with Crippen molar-refractivity contribution >= 4 is 29.1 Å². The van der Waals surface area contributed by atoms with E-state index in [9.17, 15) is 5.11 Å². The molecule has 3 fully saturated rings. The van der Waals surface area contributed by atoms with Gasteiger partial charge in [0.15, 0.2) is 0 Å². The molecular weight excluding hydrogens is 536 g/mol. The molecule has 0 aliphatic carbocycles. The maximum Gasteiger partial charge on any atom is 0.250 e. The smallest absolute Gasteiger partial charge is 0.250 e. The van der Waals surface area contributed by atoms with E-state index < -0.39 is 0 Å². The Labute approximate surface area is 246 Å². The summed E-state index contributed by atoms with van der Waals surface area (Å²) in [6, 6.07) is 11.0. The van der Waals surface area contributed by atoms with E-state index in [4.69, 9.17) is 9.40 Å². The molecule has 0 amide bonds. The van der Waals surface area contributed by atoms with Crippen molar-refractivity contribution in [3.63, 3.8) is 0 Å². The second-order valence-corrected chi connectivity index (χ2v) is 12.6. The molecule has 0 spiro atoms. The zero-order valence-corrected chi connectivity index (χ0v) is 24.4. The van der Waals surface area contributed by atoms with Crippen LogP contribution < -0.4 is 14.5 Å². The van der Waals surface area contributed by atoms with Crippen LogP contribution in [0.1, 0.15) is 25.7 Å². The molecule has 3 saturated heterocycles. The molecule has 11 rings (SSSR count). The third kappa shape index (κ3) is 5.90. The van der Waals surface area contributed by atoms with Gasteiger partial charge < -0.3 is 28.9 Å². The van der Waals surface area contributed by atoms with E-state index in [2.05, 4.69) is 58.8 Å². The molecular formula is C30H40N8O2S. The molecule has 0 saturated carbocycles. The fourth-order valence-electron chi connectivity index (χ4n) is 6.89. The Morgan fingerprint density at radius 1 is 0.878 bits per heavy atom. The summed E-state index contributed by atoms with van der Waals surface area (Å²) in [5, 5.41) is 18.2. The molecule has 10 bridgehead atoms. The van der Waals surface area contributed by atoms with Gasteiger partial charge in [-0.3, -0.25) is 4.90 Å². The number of aliphatic hydroxyl groups is 1. The number of pyridine rings is 1. The van der Waals surface area contributed by atoms with E-state index in [1.165, 1.54) is 44.4 Å². The average molecular weight is 577 g/mol. The molecule has 41 heavy (non-hydrogen) atoms. The fourth-order valence-corrected chi connectivity index (χ4v) is 7.37. The van der Waals surface area contributed by atoms with Gasteiger partial charge in [0.05, 0.1) is 17.9 Å². The standard InChI is InChI=1S/C30H40N8O2S/c39-17-18-41-34-24-1-2-26-27(20-24)37-11-6-25(7-12-37)36-9-4-22(5-10-36)21-35-13-15-38(16-14-35)28-19-23(3-8-31-28)29-32-33-30(26)40-29/h1-3,8,19-20,22,25,34,39H,4-7,9-18,21H2. The van der Waals surface area contributed by atoms with Crippen molar-refractivity contribution in [2.75, 3.05) is 85.8 Å². The second-order valence-electron chi connectivity index (χ2n) is 11.7. The maximum absolute atomic E-state index is 9.22. The van der Waals surface area contributed by atoms with Crippen molar-refractivity contribution < 1.29 is 9.52 Å². The zero-order chi connectivity index (χ0) is 27.6. The summed E-state index contributed by atoms with van der Waals surface area (Å²) in [4.78, 5) is 15.0. The van der Waals surface area contributed by atoms with Gasteiger partial charge >= 0.3 is 0 Å². The topological polar surface area (TPSA) is 97.0 Å². The molecule has 1 aromatic carbocycles. The van der Waals surface area contributed by atoms with Gasteiger partial charge in [-0.1, -0.05) is 11.9 Å². The first-order valence-electron chi connectivity index (χ1n) is 15.1. The van der Waals surface area contributed by atoms with Crippen molar-refractivity contribution in [2.24, 2.45) is 5.92 Å². The molecule has 3 aromatic rings. The molecule has 8 aliphatic heterocycles. The van der Waals surface area contributed by atoms with Crippen LogP contribution in [0, 0.1) is 5.92 Å². The highest BCUT2D eigenvalue weighted by Crippen LogP contribution is 2.37. The van der Waals surface area contributed by atoms with E-state index in [1.54, 1.807) is 0 Å². The number of aliphatic hydroxyl groups excluding tert-OH is 1. The first kappa shape index (κ1) is 27.0. The summed E-state index contributed by atoms with van der Waals surface area (Å²) >= 11 is 1.51. The van der Waals surface area contributed by atoms with Gasteiger partial charge in [-0.15, -0.1) is 10.2 Å². The minimum atomic E-state index is 0.144. The Hall–Kier alpha value is -2.86. The Balaban J connectivity index is 1.22. The SMILES string of the molecule is OCCSNc1ccc2c(c1)N1CCC(CC1)N1CCC(CC1)CN1CCN(CC1)c1cc(ccn1)-c1nnc-2o1. The van der Waals surface area contributed by atoms with Crippen LogP contribution in [0.5, 0.6) is 0 Å². The highest BCUT2D eigenvalue weighted by atomic mass is 32.2. The third-order valence-corrected chi connectivity index (χ3v) is 9.98. The fraction of sp³-hybridized carbons (Fsp3) is 0.567. The molecule has 218 valence electrons. The highest BCUT2D eigenvalue weighted by molar-refractivity contribution is 8.00. The quantitative estimate of drug-likeness (QED) is 0.352. The van der Waals surface area contributed by atoms with E-state index in [0.29, 0.717) is 23.6 Å². The Morgan fingerprint density at radius 3 is 2.49 bits per heavy atom. The van der Waals surface area contributed by atoms with Gasteiger partial charge in [0, 0.05) is 75.1 Å². The number of nitrogens with one attached hydrogen (secondary N) is 1. The Morgan fingerprint density at radius 2 is 1.68 bits per heavy atom. The summed E-state index contributed by atoms with van der Waals surface area (Å²) in [6.07, 6.45) is 6.80. The lowest BCUT2D eigenvalue weighted by molar-refractivity contribution is 0.0959.